The molecular formula is C19H29N3O3S. The molecule has 3 aliphatic heterocycles. The molecule has 144 valence electrons. The lowest BCUT2D eigenvalue weighted by atomic mass is 9.76. The summed E-state index contributed by atoms with van der Waals surface area (Å²) in [7, 11) is 0. The molecule has 3 saturated heterocycles. The molecule has 1 atom stereocenters. The predicted octanol–water partition coefficient (Wildman–Crippen LogP) is 2.10. The van der Waals surface area contributed by atoms with Crippen LogP contribution >= 0.6 is 11.3 Å². The van der Waals surface area contributed by atoms with Crippen molar-refractivity contribution in [1.29, 1.82) is 0 Å². The minimum absolute atomic E-state index is 0.159. The lowest BCUT2D eigenvalue weighted by Gasteiger charge is -2.38. The molecule has 7 heteroatoms. The van der Waals surface area contributed by atoms with Crippen molar-refractivity contribution in [1.82, 2.24) is 14.8 Å². The highest BCUT2D eigenvalue weighted by Gasteiger charge is 2.43. The molecule has 0 N–H and O–H groups in total. The summed E-state index contributed by atoms with van der Waals surface area (Å²) in [6.07, 6.45) is 3.57. The highest BCUT2D eigenvalue weighted by Crippen LogP contribution is 2.42. The van der Waals surface area contributed by atoms with Crippen LogP contribution in [0.1, 0.15) is 39.6 Å². The van der Waals surface area contributed by atoms with Crippen molar-refractivity contribution in [3.8, 4) is 0 Å². The van der Waals surface area contributed by atoms with Crippen LogP contribution in [0.3, 0.4) is 0 Å². The molecule has 1 aromatic heterocycles. The molecule has 0 radical (unpaired) electrons. The van der Waals surface area contributed by atoms with E-state index in [4.69, 9.17) is 9.47 Å². The summed E-state index contributed by atoms with van der Waals surface area (Å²) in [4.78, 5) is 22.5. The van der Waals surface area contributed by atoms with Crippen LogP contribution in [0.2, 0.25) is 0 Å². The number of hydrogen-bond acceptors (Lipinski definition) is 6. The van der Waals surface area contributed by atoms with E-state index in [0.29, 0.717) is 6.10 Å². The molecule has 1 amide bonds. The third-order valence-electron chi connectivity index (χ3n) is 6.06. The highest BCUT2D eigenvalue weighted by atomic mass is 32.1. The fraction of sp³-hybridized carbons (Fsp3) is 0.789. The first kappa shape index (κ1) is 18.3. The molecule has 26 heavy (non-hydrogen) atoms. The third kappa shape index (κ3) is 3.81. The van der Waals surface area contributed by atoms with Crippen molar-refractivity contribution in [3.63, 3.8) is 0 Å². The fourth-order valence-corrected chi connectivity index (χ4v) is 5.38. The first-order valence-corrected chi connectivity index (χ1v) is 10.5. The second-order valence-corrected chi connectivity index (χ2v) is 9.19. The van der Waals surface area contributed by atoms with Crippen molar-refractivity contribution in [2.24, 2.45) is 5.41 Å². The molecule has 0 aromatic carbocycles. The second-order valence-electron chi connectivity index (χ2n) is 7.99. The Kier molecular flexibility index (Phi) is 5.32. The third-order valence-corrected chi connectivity index (χ3v) is 7.12. The molecule has 3 aliphatic rings. The van der Waals surface area contributed by atoms with Crippen LogP contribution in [-0.2, 0) is 9.47 Å². The Bertz CT molecular complexity index is 648. The number of nitrogens with zero attached hydrogens (tertiary/aromatic N) is 3. The van der Waals surface area contributed by atoms with Gasteiger partial charge in [-0.3, -0.25) is 9.69 Å². The first-order valence-electron chi connectivity index (χ1n) is 9.70. The summed E-state index contributed by atoms with van der Waals surface area (Å²) < 4.78 is 11.6. The number of carbonyl (C=O) groups is 1. The van der Waals surface area contributed by atoms with E-state index in [-0.39, 0.29) is 11.3 Å². The first-order chi connectivity index (χ1) is 12.5. The van der Waals surface area contributed by atoms with Gasteiger partial charge in [-0.25, -0.2) is 4.98 Å². The maximum Gasteiger partial charge on any atom is 0.265 e. The smallest absolute Gasteiger partial charge is 0.265 e. The van der Waals surface area contributed by atoms with E-state index in [9.17, 15) is 4.79 Å². The summed E-state index contributed by atoms with van der Waals surface area (Å²) in [6.45, 7) is 11.1. The number of morpholine rings is 1. The molecule has 4 rings (SSSR count). The Morgan fingerprint density at radius 2 is 1.96 bits per heavy atom. The number of amides is 1. The van der Waals surface area contributed by atoms with Gasteiger partial charge in [0.2, 0.25) is 0 Å². The maximum atomic E-state index is 12.8. The van der Waals surface area contributed by atoms with E-state index in [1.165, 1.54) is 11.3 Å². The average Bonchev–Trinajstić information content (AvgIpc) is 3.18. The Morgan fingerprint density at radius 1 is 1.23 bits per heavy atom. The van der Waals surface area contributed by atoms with Gasteiger partial charge in [-0.2, -0.15) is 0 Å². The van der Waals surface area contributed by atoms with E-state index in [1.54, 1.807) is 0 Å². The second kappa shape index (κ2) is 7.54. The van der Waals surface area contributed by atoms with Gasteiger partial charge in [-0.1, -0.05) is 0 Å². The average molecular weight is 380 g/mol. The molecule has 3 fully saturated rings. The largest absolute Gasteiger partial charge is 0.379 e. The van der Waals surface area contributed by atoms with E-state index < -0.39 is 0 Å². The minimum Gasteiger partial charge on any atom is -0.379 e. The van der Waals surface area contributed by atoms with Crippen molar-refractivity contribution >= 4 is 17.2 Å². The monoisotopic (exact) mass is 379 g/mol. The number of ether oxygens (including phenoxy) is 2. The van der Waals surface area contributed by atoms with Crippen LogP contribution < -0.4 is 0 Å². The number of hydrogen-bond donors (Lipinski definition) is 0. The molecule has 6 nitrogen and oxygen atoms in total. The summed E-state index contributed by atoms with van der Waals surface area (Å²) in [5.41, 5.74) is 1.14. The standard InChI is InChI=1S/C19H29N3O3S/c1-14-17(26-15(2)20-14)18(23)22-5-3-19(4-6-22)11-16(25-13-19)12-21-7-9-24-10-8-21/h16H,3-13H2,1-2H3/t16-/m1/s1. The number of carbonyl (C=O) groups excluding carboxylic acids is 1. The van der Waals surface area contributed by atoms with E-state index in [2.05, 4.69) is 9.88 Å². The Hall–Kier alpha value is -1.02. The predicted molar refractivity (Wildman–Crippen MR) is 101 cm³/mol. The molecule has 1 aromatic rings. The van der Waals surface area contributed by atoms with Gasteiger partial charge >= 0.3 is 0 Å². The van der Waals surface area contributed by atoms with Gasteiger partial charge in [-0.05, 0) is 38.5 Å². The number of thiazole rings is 1. The van der Waals surface area contributed by atoms with Gasteiger partial charge in [0.15, 0.2) is 0 Å². The molecule has 0 unspecified atom stereocenters. The van der Waals surface area contributed by atoms with Gasteiger partial charge < -0.3 is 14.4 Å². The molecule has 0 bridgehead atoms. The summed E-state index contributed by atoms with van der Waals surface area (Å²) in [5.74, 6) is 0.159. The van der Waals surface area contributed by atoms with E-state index in [0.717, 1.165) is 87.4 Å². The Balaban J connectivity index is 1.30. The number of piperidine rings is 1. The summed E-state index contributed by atoms with van der Waals surface area (Å²) >= 11 is 1.52. The molecule has 0 aliphatic carbocycles. The van der Waals surface area contributed by atoms with Crippen molar-refractivity contribution in [2.45, 2.75) is 39.2 Å². The summed E-state index contributed by atoms with van der Waals surface area (Å²) in [6, 6.07) is 0. The minimum atomic E-state index is 0.159. The number of aryl methyl sites for hydroxylation is 2. The molecular weight excluding hydrogens is 350 g/mol. The quantitative estimate of drug-likeness (QED) is 0.805. The Labute approximate surface area is 159 Å². The lowest BCUT2D eigenvalue weighted by molar-refractivity contribution is 0.00525. The van der Waals surface area contributed by atoms with Crippen LogP contribution in [0.5, 0.6) is 0 Å². The van der Waals surface area contributed by atoms with E-state index in [1.807, 2.05) is 18.7 Å². The van der Waals surface area contributed by atoms with Crippen LogP contribution in [0.15, 0.2) is 0 Å². The zero-order chi connectivity index (χ0) is 18.1. The van der Waals surface area contributed by atoms with Crippen LogP contribution in [0, 0.1) is 19.3 Å². The van der Waals surface area contributed by atoms with Crippen LogP contribution in [0.4, 0.5) is 0 Å². The SMILES string of the molecule is Cc1nc(C)c(C(=O)N2CCC3(CC2)CO[C@@H](CN2CCOCC2)C3)s1. The molecule has 1 spiro atoms. The normalized spacial score (nSPS) is 26.5. The zero-order valence-corrected chi connectivity index (χ0v) is 16.6. The fourth-order valence-electron chi connectivity index (χ4n) is 4.49. The van der Waals surface area contributed by atoms with Crippen LogP contribution in [0.25, 0.3) is 0 Å². The van der Waals surface area contributed by atoms with Crippen molar-refractivity contribution < 1.29 is 14.3 Å². The number of aromatic nitrogens is 1. The topological polar surface area (TPSA) is 54.9 Å². The van der Waals surface area contributed by atoms with Gasteiger partial charge in [0.1, 0.15) is 4.88 Å². The lowest BCUT2D eigenvalue weighted by Crippen LogP contribution is -2.44. The van der Waals surface area contributed by atoms with Gasteiger partial charge in [0, 0.05) is 32.7 Å². The molecule has 4 heterocycles. The van der Waals surface area contributed by atoms with Crippen molar-refractivity contribution in [3.05, 3.63) is 15.6 Å². The Morgan fingerprint density at radius 3 is 2.62 bits per heavy atom. The zero-order valence-electron chi connectivity index (χ0n) is 15.8. The number of likely N-dealkylation sites (tertiary alicyclic amines) is 1. The number of rotatable bonds is 3. The highest BCUT2D eigenvalue weighted by molar-refractivity contribution is 7.13. The van der Waals surface area contributed by atoms with Gasteiger partial charge in [-0.15, -0.1) is 11.3 Å². The summed E-state index contributed by atoms with van der Waals surface area (Å²) in [5, 5.41) is 0.967. The van der Waals surface area contributed by atoms with Gasteiger partial charge in [0.05, 0.1) is 36.6 Å². The molecule has 0 saturated carbocycles. The van der Waals surface area contributed by atoms with Crippen molar-refractivity contribution in [2.75, 3.05) is 52.5 Å². The van der Waals surface area contributed by atoms with Crippen LogP contribution in [-0.4, -0.2) is 79.3 Å². The van der Waals surface area contributed by atoms with E-state index >= 15 is 0 Å². The maximum absolute atomic E-state index is 12.8. The van der Waals surface area contributed by atoms with Gasteiger partial charge in [0.25, 0.3) is 5.91 Å².